The largest absolute Gasteiger partial charge is 0.396 e. The summed E-state index contributed by atoms with van der Waals surface area (Å²) in [7, 11) is 0. The zero-order valence-corrected chi connectivity index (χ0v) is 8.27. The van der Waals surface area contributed by atoms with Crippen molar-refractivity contribution in [1.82, 2.24) is 0 Å². The lowest BCUT2D eigenvalue weighted by Gasteiger charge is -2.09. The summed E-state index contributed by atoms with van der Waals surface area (Å²) < 4.78 is 25.1. The molecule has 0 spiro atoms. The van der Waals surface area contributed by atoms with Gasteiger partial charge in [-0.05, 0) is 24.5 Å². The molecule has 0 saturated heterocycles. The Morgan fingerprint density at radius 2 is 2.07 bits per heavy atom. The van der Waals surface area contributed by atoms with Gasteiger partial charge in [0.2, 0.25) is 0 Å². The van der Waals surface area contributed by atoms with Crippen molar-refractivity contribution in [3.05, 3.63) is 34.3 Å². The SMILES string of the molecule is OCCCc1cccc(Cl)c1C(F)F. The third-order valence-electron chi connectivity index (χ3n) is 1.97. The van der Waals surface area contributed by atoms with Crippen molar-refractivity contribution in [1.29, 1.82) is 0 Å². The molecule has 0 aliphatic heterocycles. The molecule has 0 unspecified atom stereocenters. The second-order valence-corrected chi connectivity index (χ2v) is 3.35. The third-order valence-corrected chi connectivity index (χ3v) is 2.30. The summed E-state index contributed by atoms with van der Waals surface area (Å²) in [5.74, 6) is 0. The van der Waals surface area contributed by atoms with Crippen LogP contribution in [-0.2, 0) is 6.42 Å². The number of hydrogen-bond donors (Lipinski definition) is 1. The molecule has 0 atom stereocenters. The Morgan fingerprint density at radius 3 is 2.64 bits per heavy atom. The van der Waals surface area contributed by atoms with Crippen molar-refractivity contribution in [2.24, 2.45) is 0 Å². The fourth-order valence-electron chi connectivity index (χ4n) is 1.31. The first-order valence-corrected chi connectivity index (χ1v) is 4.71. The van der Waals surface area contributed by atoms with Crippen LogP contribution in [0.4, 0.5) is 8.78 Å². The maximum Gasteiger partial charge on any atom is 0.265 e. The highest BCUT2D eigenvalue weighted by Crippen LogP contribution is 2.30. The molecule has 0 saturated carbocycles. The highest BCUT2D eigenvalue weighted by Gasteiger charge is 2.15. The van der Waals surface area contributed by atoms with E-state index in [1.807, 2.05) is 0 Å². The smallest absolute Gasteiger partial charge is 0.265 e. The zero-order valence-electron chi connectivity index (χ0n) is 7.51. The number of halogens is 3. The Morgan fingerprint density at radius 1 is 1.36 bits per heavy atom. The number of benzene rings is 1. The fourth-order valence-corrected chi connectivity index (χ4v) is 1.59. The summed E-state index contributed by atoms with van der Waals surface area (Å²) in [6, 6.07) is 4.70. The number of alkyl halides is 2. The van der Waals surface area contributed by atoms with Crippen molar-refractivity contribution < 1.29 is 13.9 Å². The normalized spacial score (nSPS) is 10.9. The van der Waals surface area contributed by atoms with Gasteiger partial charge in [0.15, 0.2) is 0 Å². The summed E-state index contributed by atoms with van der Waals surface area (Å²) >= 11 is 5.66. The second-order valence-electron chi connectivity index (χ2n) is 2.94. The number of aryl methyl sites for hydroxylation is 1. The quantitative estimate of drug-likeness (QED) is 0.826. The van der Waals surface area contributed by atoms with Gasteiger partial charge < -0.3 is 5.11 Å². The van der Waals surface area contributed by atoms with Crippen LogP contribution in [0.5, 0.6) is 0 Å². The Balaban J connectivity index is 2.96. The topological polar surface area (TPSA) is 20.2 Å². The molecule has 0 radical (unpaired) electrons. The minimum Gasteiger partial charge on any atom is -0.396 e. The molecule has 1 aromatic carbocycles. The van der Waals surface area contributed by atoms with Crippen LogP contribution in [0.3, 0.4) is 0 Å². The average Bonchev–Trinajstić information content (AvgIpc) is 2.14. The number of rotatable bonds is 4. The first kappa shape index (κ1) is 11.4. The van der Waals surface area contributed by atoms with Crippen molar-refractivity contribution in [3.63, 3.8) is 0 Å². The van der Waals surface area contributed by atoms with Gasteiger partial charge in [0.1, 0.15) is 0 Å². The van der Waals surface area contributed by atoms with Crippen molar-refractivity contribution >= 4 is 11.6 Å². The van der Waals surface area contributed by atoms with E-state index in [4.69, 9.17) is 16.7 Å². The predicted octanol–water partition coefficient (Wildman–Crippen LogP) is 3.20. The van der Waals surface area contributed by atoms with Gasteiger partial charge in [0, 0.05) is 17.2 Å². The Kier molecular flexibility index (Phi) is 4.29. The van der Waals surface area contributed by atoms with E-state index in [0.29, 0.717) is 18.4 Å². The second kappa shape index (κ2) is 5.27. The van der Waals surface area contributed by atoms with Gasteiger partial charge >= 0.3 is 0 Å². The van der Waals surface area contributed by atoms with E-state index in [2.05, 4.69) is 0 Å². The molecule has 1 rings (SSSR count). The molecule has 0 amide bonds. The van der Waals surface area contributed by atoms with E-state index in [-0.39, 0.29) is 17.2 Å². The monoisotopic (exact) mass is 220 g/mol. The maximum atomic E-state index is 12.6. The molecule has 0 aromatic heterocycles. The van der Waals surface area contributed by atoms with E-state index < -0.39 is 6.43 Å². The van der Waals surface area contributed by atoms with Gasteiger partial charge in [-0.2, -0.15) is 0 Å². The summed E-state index contributed by atoms with van der Waals surface area (Å²) in [4.78, 5) is 0. The standard InChI is InChI=1S/C10H11ClF2O/c11-8-5-1-3-7(4-2-6-14)9(8)10(12)13/h1,3,5,10,14H,2,4,6H2. The Hall–Kier alpha value is -0.670. The Labute approximate surface area is 86.3 Å². The molecular formula is C10H11ClF2O. The molecule has 1 N–H and O–H groups in total. The lowest BCUT2D eigenvalue weighted by Crippen LogP contribution is -1.97. The van der Waals surface area contributed by atoms with Gasteiger partial charge in [-0.15, -0.1) is 0 Å². The van der Waals surface area contributed by atoms with Crippen LogP contribution in [0.1, 0.15) is 24.0 Å². The number of aliphatic hydroxyl groups excluding tert-OH is 1. The van der Waals surface area contributed by atoms with Crippen LogP contribution >= 0.6 is 11.6 Å². The minimum absolute atomic E-state index is 0.00477. The molecule has 0 aliphatic carbocycles. The van der Waals surface area contributed by atoms with E-state index >= 15 is 0 Å². The molecule has 0 aliphatic rings. The van der Waals surface area contributed by atoms with E-state index in [9.17, 15) is 8.78 Å². The molecule has 0 bridgehead atoms. The molecule has 14 heavy (non-hydrogen) atoms. The molecule has 1 aromatic rings. The van der Waals surface area contributed by atoms with Crippen LogP contribution in [0.25, 0.3) is 0 Å². The summed E-state index contributed by atoms with van der Waals surface area (Å²) in [5, 5.41) is 8.70. The maximum absolute atomic E-state index is 12.6. The predicted molar refractivity (Wildman–Crippen MR) is 51.8 cm³/mol. The van der Waals surface area contributed by atoms with Gasteiger partial charge in [0.05, 0.1) is 0 Å². The van der Waals surface area contributed by atoms with E-state index in [1.165, 1.54) is 6.07 Å². The van der Waals surface area contributed by atoms with Crippen LogP contribution in [0.15, 0.2) is 18.2 Å². The molecule has 78 valence electrons. The van der Waals surface area contributed by atoms with Gasteiger partial charge in [-0.25, -0.2) is 8.78 Å². The first-order chi connectivity index (χ1) is 6.66. The van der Waals surface area contributed by atoms with Crippen molar-refractivity contribution in [3.8, 4) is 0 Å². The van der Waals surface area contributed by atoms with Crippen LogP contribution in [0.2, 0.25) is 5.02 Å². The van der Waals surface area contributed by atoms with Crippen molar-refractivity contribution in [2.45, 2.75) is 19.3 Å². The average molecular weight is 221 g/mol. The molecule has 1 nitrogen and oxygen atoms in total. The van der Waals surface area contributed by atoms with Crippen LogP contribution < -0.4 is 0 Å². The van der Waals surface area contributed by atoms with E-state index in [0.717, 1.165) is 0 Å². The van der Waals surface area contributed by atoms with Crippen LogP contribution in [0, 0.1) is 0 Å². The Bertz CT molecular complexity index is 302. The van der Waals surface area contributed by atoms with Crippen molar-refractivity contribution in [2.75, 3.05) is 6.61 Å². The fraction of sp³-hybridized carbons (Fsp3) is 0.400. The van der Waals surface area contributed by atoms with Gasteiger partial charge in [0.25, 0.3) is 6.43 Å². The molecule has 0 fully saturated rings. The summed E-state index contributed by atoms with van der Waals surface area (Å²) in [6.45, 7) is -0.00477. The summed E-state index contributed by atoms with van der Waals surface area (Å²) in [5.41, 5.74) is 0.407. The number of aliphatic hydroxyl groups is 1. The zero-order chi connectivity index (χ0) is 10.6. The number of hydrogen-bond acceptors (Lipinski definition) is 1. The van der Waals surface area contributed by atoms with Gasteiger partial charge in [-0.3, -0.25) is 0 Å². The third kappa shape index (κ3) is 2.66. The van der Waals surface area contributed by atoms with Gasteiger partial charge in [-0.1, -0.05) is 23.7 Å². The first-order valence-electron chi connectivity index (χ1n) is 4.33. The molecule has 0 heterocycles. The highest BCUT2D eigenvalue weighted by molar-refractivity contribution is 6.31. The van der Waals surface area contributed by atoms with Crippen LogP contribution in [-0.4, -0.2) is 11.7 Å². The minimum atomic E-state index is -2.56. The van der Waals surface area contributed by atoms with E-state index in [1.54, 1.807) is 12.1 Å². The lowest BCUT2D eigenvalue weighted by molar-refractivity contribution is 0.150. The summed E-state index contributed by atoms with van der Waals surface area (Å²) in [6.07, 6.45) is -1.66. The lowest BCUT2D eigenvalue weighted by atomic mass is 10.0. The highest BCUT2D eigenvalue weighted by atomic mass is 35.5. The molecular weight excluding hydrogens is 210 g/mol. The molecule has 4 heteroatoms.